The summed E-state index contributed by atoms with van der Waals surface area (Å²) < 4.78 is 61.1. The van der Waals surface area contributed by atoms with E-state index in [-0.39, 0.29) is 36.9 Å². The predicted octanol–water partition coefficient (Wildman–Crippen LogP) is 2.06. The molecule has 0 bridgehead atoms. The molecule has 1 unspecified atom stereocenters. The van der Waals surface area contributed by atoms with Gasteiger partial charge in [0.2, 0.25) is 11.8 Å². The molecule has 0 spiro atoms. The molecule has 3 aliphatic heterocycles. The van der Waals surface area contributed by atoms with Crippen molar-refractivity contribution in [1.29, 1.82) is 0 Å². The van der Waals surface area contributed by atoms with Crippen LogP contribution < -0.4 is 15.6 Å². The quantitative estimate of drug-likeness (QED) is 0.232. The van der Waals surface area contributed by atoms with Crippen molar-refractivity contribution >= 4 is 31.6 Å². The molecule has 1 aromatic rings. The number of imide groups is 1. The van der Waals surface area contributed by atoms with E-state index in [0.717, 1.165) is 15.7 Å². The molecular weight excluding hydrogens is 587 g/mol. The molecule has 1 aromatic heterocycles. The van der Waals surface area contributed by atoms with Gasteiger partial charge in [-0.1, -0.05) is 0 Å². The van der Waals surface area contributed by atoms with Gasteiger partial charge in [-0.2, -0.15) is 5.01 Å². The van der Waals surface area contributed by atoms with Crippen LogP contribution in [0.3, 0.4) is 0 Å². The summed E-state index contributed by atoms with van der Waals surface area (Å²) in [6, 6.07) is -0.918. The Labute approximate surface area is 229 Å². The van der Waals surface area contributed by atoms with E-state index in [1.807, 2.05) is 24.0 Å². The third-order valence-corrected chi connectivity index (χ3v) is 6.30. The number of hydrogen-bond donors (Lipinski definition) is 3. The van der Waals surface area contributed by atoms with Crippen LogP contribution in [0, 0.1) is 0 Å². The molecule has 41 heavy (non-hydrogen) atoms. The average Bonchev–Trinajstić information content (AvgIpc) is 3.58. The number of halogens is 6. The Kier molecular flexibility index (Phi) is 8.30. The van der Waals surface area contributed by atoms with Gasteiger partial charge in [-0.3, -0.25) is 19.3 Å². The van der Waals surface area contributed by atoms with E-state index in [4.69, 9.17) is 0 Å². The van der Waals surface area contributed by atoms with Gasteiger partial charge in [-0.25, -0.2) is 9.78 Å². The summed E-state index contributed by atoms with van der Waals surface area (Å²) >= 11 is 0. The molecule has 3 aliphatic rings. The number of likely N-dealkylation sites (tertiary alicyclic amines) is 1. The number of carbonyl (C=O) groups excluding carboxylic acids is 4. The second kappa shape index (κ2) is 10.7. The van der Waals surface area contributed by atoms with Crippen LogP contribution in [0.15, 0.2) is 35.1 Å². The number of hydrogen-bond acceptors (Lipinski definition) is 7. The first-order valence-electron chi connectivity index (χ1n) is 12.3. The van der Waals surface area contributed by atoms with Crippen LogP contribution in [0.1, 0.15) is 38.4 Å². The predicted molar refractivity (Wildman–Crippen MR) is 131 cm³/mol. The molecular formula is C21H30F6N9O4P. The summed E-state index contributed by atoms with van der Waals surface area (Å²) in [6.07, 6.45) is 7.89. The first kappa shape index (κ1) is 31.9. The van der Waals surface area contributed by atoms with Crippen LogP contribution in [0.2, 0.25) is 0 Å². The molecule has 4 heterocycles. The molecule has 3 N–H and O–H groups in total. The molecule has 230 valence electrons. The van der Waals surface area contributed by atoms with Gasteiger partial charge in [0.25, 0.3) is 5.91 Å². The average molecular weight is 617 g/mol. The van der Waals surface area contributed by atoms with Gasteiger partial charge in [-0.05, 0) is 13.8 Å². The molecule has 3 atom stereocenters. The van der Waals surface area contributed by atoms with E-state index in [2.05, 4.69) is 26.0 Å². The molecule has 2 fully saturated rings. The first-order valence-corrected chi connectivity index (χ1v) is 14.3. The van der Waals surface area contributed by atoms with Crippen LogP contribution in [-0.2, 0) is 21.4 Å². The Morgan fingerprint density at radius 3 is 2.34 bits per heavy atom. The molecule has 0 radical (unpaired) electrons. The summed E-state index contributed by atoms with van der Waals surface area (Å²) in [4.78, 5) is 57.3. The molecule has 2 saturated heterocycles. The fourth-order valence-electron chi connectivity index (χ4n) is 4.45. The summed E-state index contributed by atoms with van der Waals surface area (Å²) in [5.41, 5.74) is -1.04. The van der Waals surface area contributed by atoms with E-state index >= 15 is 0 Å². The third kappa shape index (κ3) is 9.77. The van der Waals surface area contributed by atoms with E-state index in [0.29, 0.717) is 25.9 Å². The Balaban J connectivity index is 0.000000587. The summed E-state index contributed by atoms with van der Waals surface area (Å²) in [7, 11) is -8.79. The Morgan fingerprint density at radius 1 is 1.17 bits per heavy atom. The van der Waals surface area contributed by atoms with Gasteiger partial charge in [0.15, 0.2) is 0 Å². The number of amides is 5. The van der Waals surface area contributed by atoms with Crippen LogP contribution in [0.5, 0.6) is 0 Å². The second-order valence-electron chi connectivity index (χ2n) is 10.3. The first-order chi connectivity index (χ1) is 18.6. The van der Waals surface area contributed by atoms with Gasteiger partial charge in [-0.15, -0.1) is 5.11 Å². The molecule has 0 aliphatic carbocycles. The minimum atomic E-state index is -10.7. The molecule has 0 saturated carbocycles. The van der Waals surface area contributed by atoms with Crippen molar-refractivity contribution in [3.05, 3.63) is 30.6 Å². The number of urea groups is 1. The van der Waals surface area contributed by atoms with Crippen LogP contribution >= 0.6 is 7.81 Å². The number of imidazole rings is 1. The van der Waals surface area contributed by atoms with Crippen molar-refractivity contribution in [2.75, 3.05) is 26.2 Å². The van der Waals surface area contributed by atoms with Crippen LogP contribution in [0.25, 0.3) is 0 Å². The topological polar surface area (TPSA) is 146 Å². The number of carbonyl (C=O) groups is 4. The van der Waals surface area contributed by atoms with Crippen molar-refractivity contribution in [3.8, 4) is 0 Å². The normalized spacial score (nSPS) is 25.0. The molecule has 20 heteroatoms. The van der Waals surface area contributed by atoms with E-state index in [1.54, 1.807) is 31.1 Å². The van der Waals surface area contributed by atoms with Crippen molar-refractivity contribution < 1.29 is 49.4 Å². The van der Waals surface area contributed by atoms with Crippen molar-refractivity contribution in [2.24, 2.45) is 17.4 Å². The van der Waals surface area contributed by atoms with E-state index < -0.39 is 25.3 Å². The number of nitrogens with one attached hydrogen (secondary N) is 3. The second-order valence-corrected chi connectivity index (χ2v) is 12.2. The van der Waals surface area contributed by atoms with Gasteiger partial charge >= 0.3 is 39.0 Å². The number of aryl methyl sites for hydroxylation is 1. The number of aromatic nitrogens is 2. The zero-order valence-corrected chi connectivity index (χ0v) is 23.1. The van der Waals surface area contributed by atoms with E-state index in [9.17, 15) is 44.4 Å². The monoisotopic (exact) mass is 617 g/mol. The van der Waals surface area contributed by atoms with Crippen molar-refractivity contribution in [2.45, 2.75) is 44.2 Å². The molecule has 4 rings (SSSR count). The summed E-state index contributed by atoms with van der Waals surface area (Å²) in [5, 5.41) is 14.2. The van der Waals surface area contributed by atoms with Gasteiger partial charge in [0.1, 0.15) is 36.9 Å². The summed E-state index contributed by atoms with van der Waals surface area (Å²) in [6.45, 7) is 4.10. The Morgan fingerprint density at radius 2 is 1.83 bits per heavy atom. The van der Waals surface area contributed by atoms with Crippen LogP contribution in [0.4, 0.5) is 30.0 Å². The van der Waals surface area contributed by atoms with Gasteiger partial charge in [0, 0.05) is 50.6 Å². The number of rotatable bonds is 8. The SMILES string of the molecule is Cn1ccnc1[C@@H]1CN(C(=O)CN2C(=O)NC(C)(C)C2=O)C[C@H]1NC(=O)CCC[NH+]1C=CN=N1.F[P-](F)(F)(F)(F)F. The maximum atomic E-state index is 13.0. The van der Waals surface area contributed by atoms with Gasteiger partial charge in [0.05, 0.1) is 12.0 Å². The Bertz CT molecular complexity index is 1250. The molecule has 0 aromatic carbocycles. The van der Waals surface area contributed by atoms with Crippen molar-refractivity contribution in [3.63, 3.8) is 0 Å². The standard InChI is InChI=1S/C21H29N9O4.F6P/c1-21(2)19(33)30(20(34)25-21)13-17(32)28-11-14(18-22-6-9-27(18)3)15(12-28)24-16(31)5-4-8-29-10-7-23-26-29;1-7(2,3,4,5)6/h6-7,9-10,14-15H,4-5,8,11-13H2,1-3H3,(H,24,31)(H,25,34);/q;-1/p+1/t14-,15-;/m1./s1. The minimum absolute atomic E-state index is 0.117. The maximum absolute atomic E-state index is 13.0. The fourth-order valence-corrected chi connectivity index (χ4v) is 4.45. The zero-order chi connectivity index (χ0) is 30.9. The Hall–Kier alpha value is -3.60. The van der Waals surface area contributed by atoms with Crippen LogP contribution in [-0.4, -0.2) is 80.9 Å². The van der Waals surface area contributed by atoms with Gasteiger partial charge < -0.3 is 20.1 Å². The summed E-state index contributed by atoms with van der Waals surface area (Å²) in [5.74, 6) is -0.372. The number of nitrogens with zero attached hydrogens (tertiary/aromatic N) is 6. The zero-order valence-electron chi connectivity index (χ0n) is 22.2. The molecule has 5 amide bonds. The third-order valence-electron chi connectivity index (χ3n) is 6.30. The fraction of sp³-hybridized carbons (Fsp3) is 0.571. The number of quaternary nitrogens is 1. The van der Waals surface area contributed by atoms with E-state index in [1.165, 1.54) is 0 Å². The molecule has 13 nitrogen and oxygen atoms in total. The van der Waals surface area contributed by atoms with Crippen molar-refractivity contribution in [1.82, 2.24) is 30.0 Å².